The monoisotopic (exact) mass is 637 g/mol. The van der Waals surface area contributed by atoms with E-state index in [2.05, 4.69) is 44.0 Å². The molecule has 2 aliphatic heterocycles. The van der Waals surface area contributed by atoms with Crippen LogP contribution in [0.4, 0.5) is 5.69 Å². The lowest BCUT2D eigenvalue weighted by molar-refractivity contribution is -0.114. The number of rotatable bonds is 2. The van der Waals surface area contributed by atoms with E-state index in [1.807, 2.05) is 12.1 Å². The number of benzene rings is 2. The molecule has 0 saturated heterocycles. The van der Waals surface area contributed by atoms with E-state index in [1.165, 1.54) is 18.1 Å². The number of carbonyl (C=O) groups is 2. The quantitative estimate of drug-likeness (QED) is 0.315. The fraction of sp³-hybridized carbons (Fsp3) is 0.471. The van der Waals surface area contributed by atoms with E-state index in [-0.39, 0.29) is 17.4 Å². The molecule has 10 heteroatoms. The molecule has 2 heterocycles. The van der Waals surface area contributed by atoms with Crippen LogP contribution in [0.1, 0.15) is 66.9 Å². The SMILES string of the molecule is CC#CC(=O)NS1(=O)=NC(=O)c2ccc3c(c2)N(Cc2ccc(Cl)cc2CCCCO3)C[C@@H]2CC[C@H]2[C@@H](OC)/C=C/CCC1. The van der Waals surface area contributed by atoms with Gasteiger partial charge in [-0.1, -0.05) is 35.7 Å². The first-order valence-corrected chi connectivity index (χ1v) is 17.4. The largest absolute Gasteiger partial charge is 0.491 e. The maximum absolute atomic E-state index is 13.8. The standard InChI is InChI=1S/C34H40ClN3O5S/c1-3-9-33(39)36-44(41)19-8-4-5-11-31(42-2)29-16-13-27(29)23-38-22-26-12-15-28(35)20-24(26)10-6-7-18-43-32-17-14-25(21-30(32)38)34(40)37-44/h5,11-12,14-15,17,20-21,27,29,31H,4,6-8,10,13,16,18-19,22-23H2,1-2H3,(H,36,37,39,40,41)/b11-5+/t27-,29+,31-,44?/m0/s1. The van der Waals surface area contributed by atoms with Crippen molar-refractivity contribution < 1.29 is 23.3 Å². The van der Waals surface area contributed by atoms with Gasteiger partial charge < -0.3 is 14.4 Å². The highest BCUT2D eigenvalue weighted by Crippen LogP contribution is 2.42. The molecule has 0 aromatic heterocycles. The van der Waals surface area contributed by atoms with Gasteiger partial charge in [-0.05, 0) is 111 Å². The molecule has 44 heavy (non-hydrogen) atoms. The molecule has 3 aliphatic rings. The van der Waals surface area contributed by atoms with Crippen molar-refractivity contribution in [2.45, 2.75) is 64.5 Å². The number of ether oxygens (including phenoxy) is 2. The van der Waals surface area contributed by atoms with Crippen LogP contribution in [0.15, 0.2) is 52.9 Å². The van der Waals surface area contributed by atoms with Gasteiger partial charge in [0.25, 0.3) is 5.91 Å². The third-order valence-corrected chi connectivity index (χ3v) is 10.7. The average Bonchev–Trinajstić information content (AvgIpc) is 3.00. The lowest BCUT2D eigenvalue weighted by Gasteiger charge is -2.43. The minimum Gasteiger partial charge on any atom is -0.491 e. The highest BCUT2D eigenvalue weighted by atomic mass is 35.5. The molecule has 2 amide bonds. The van der Waals surface area contributed by atoms with E-state index in [0.717, 1.165) is 44.3 Å². The van der Waals surface area contributed by atoms with Gasteiger partial charge >= 0.3 is 5.91 Å². The summed E-state index contributed by atoms with van der Waals surface area (Å²) in [4.78, 5) is 28.2. The van der Waals surface area contributed by atoms with Gasteiger partial charge in [-0.3, -0.25) is 14.3 Å². The van der Waals surface area contributed by atoms with Gasteiger partial charge in [0.05, 0.1) is 24.2 Å². The minimum atomic E-state index is -3.42. The Hall–Kier alpha value is -3.32. The first kappa shape index (κ1) is 32.1. The van der Waals surface area contributed by atoms with Crippen LogP contribution in [-0.4, -0.2) is 48.1 Å². The lowest BCUT2D eigenvalue weighted by Crippen LogP contribution is -2.43. The zero-order valence-corrected chi connectivity index (χ0v) is 26.9. The molecule has 5 rings (SSSR count). The van der Waals surface area contributed by atoms with Gasteiger partial charge in [-0.15, -0.1) is 4.36 Å². The molecule has 234 valence electrons. The summed E-state index contributed by atoms with van der Waals surface area (Å²) in [6.45, 7) is 3.41. The third-order valence-electron chi connectivity index (χ3n) is 8.64. The number of allylic oxidation sites excluding steroid dienone is 1. The average molecular weight is 638 g/mol. The molecular weight excluding hydrogens is 598 g/mol. The van der Waals surface area contributed by atoms with Crippen LogP contribution in [0, 0.1) is 23.7 Å². The first-order valence-electron chi connectivity index (χ1n) is 15.3. The maximum atomic E-state index is 13.8. The number of anilines is 1. The van der Waals surface area contributed by atoms with Crippen molar-refractivity contribution in [2.75, 3.05) is 30.9 Å². The predicted molar refractivity (Wildman–Crippen MR) is 174 cm³/mol. The number of fused-ring (bicyclic) bond motifs is 3. The Morgan fingerprint density at radius 1 is 1.16 bits per heavy atom. The van der Waals surface area contributed by atoms with Crippen molar-refractivity contribution >= 4 is 39.0 Å². The third kappa shape index (κ3) is 7.84. The molecule has 0 radical (unpaired) electrons. The molecule has 8 nitrogen and oxygen atoms in total. The number of nitrogens with zero attached hydrogens (tertiary/aromatic N) is 2. The summed E-state index contributed by atoms with van der Waals surface area (Å²) in [5.74, 6) is 4.88. The van der Waals surface area contributed by atoms with Gasteiger partial charge in [0.2, 0.25) is 0 Å². The number of aryl methyl sites for hydroxylation is 1. The van der Waals surface area contributed by atoms with Crippen LogP contribution < -0.4 is 14.4 Å². The van der Waals surface area contributed by atoms with E-state index in [1.54, 1.807) is 25.3 Å². The van der Waals surface area contributed by atoms with E-state index in [4.69, 9.17) is 21.1 Å². The number of amides is 2. The van der Waals surface area contributed by atoms with Crippen LogP contribution in [0.2, 0.25) is 5.02 Å². The van der Waals surface area contributed by atoms with Gasteiger partial charge in [0.1, 0.15) is 15.7 Å². The highest BCUT2D eigenvalue weighted by molar-refractivity contribution is 7.92. The van der Waals surface area contributed by atoms with E-state index in [9.17, 15) is 13.8 Å². The van der Waals surface area contributed by atoms with E-state index in [0.29, 0.717) is 48.6 Å². The van der Waals surface area contributed by atoms with Crippen LogP contribution in [0.3, 0.4) is 0 Å². The van der Waals surface area contributed by atoms with Crippen molar-refractivity contribution in [2.24, 2.45) is 16.2 Å². The summed E-state index contributed by atoms with van der Waals surface area (Å²) < 4.78 is 32.6. The zero-order valence-electron chi connectivity index (χ0n) is 25.4. The minimum absolute atomic E-state index is 0.0173. The Kier molecular flexibility index (Phi) is 10.7. The summed E-state index contributed by atoms with van der Waals surface area (Å²) in [5, 5.41) is 0.715. The zero-order chi connectivity index (χ0) is 31.1. The molecule has 1 N–H and O–H groups in total. The predicted octanol–water partition coefficient (Wildman–Crippen LogP) is 6.12. The number of nitrogens with one attached hydrogen (secondary N) is 1. The second-order valence-corrected chi connectivity index (χ2v) is 14.1. The van der Waals surface area contributed by atoms with E-state index < -0.39 is 21.7 Å². The van der Waals surface area contributed by atoms with E-state index >= 15 is 0 Å². The normalized spacial score (nSPS) is 26.5. The Bertz CT molecular complexity index is 1600. The van der Waals surface area contributed by atoms with Crippen LogP contribution in [0.25, 0.3) is 0 Å². The highest BCUT2D eigenvalue weighted by Gasteiger charge is 2.38. The topological polar surface area (TPSA) is 97.3 Å². The smallest absolute Gasteiger partial charge is 0.308 e. The molecule has 2 aromatic carbocycles. The number of hydrogen-bond donors (Lipinski definition) is 1. The fourth-order valence-corrected chi connectivity index (χ4v) is 7.91. The molecule has 1 aliphatic carbocycles. The molecule has 2 bridgehead atoms. The molecule has 1 saturated carbocycles. The summed E-state index contributed by atoms with van der Waals surface area (Å²) in [6, 6.07) is 11.3. The van der Waals surface area contributed by atoms with Gasteiger partial charge in [-0.25, -0.2) is 4.21 Å². The van der Waals surface area contributed by atoms with Crippen LogP contribution >= 0.6 is 11.6 Å². The Balaban J connectivity index is 1.62. The summed E-state index contributed by atoms with van der Waals surface area (Å²) in [7, 11) is -1.68. The molecular formula is C34H40ClN3O5S. The Morgan fingerprint density at radius 3 is 2.80 bits per heavy atom. The molecule has 1 fully saturated rings. The number of hydrogen-bond acceptors (Lipinski definition) is 6. The van der Waals surface area contributed by atoms with Crippen molar-refractivity contribution in [1.29, 1.82) is 0 Å². The molecule has 1 unspecified atom stereocenters. The molecule has 2 aromatic rings. The lowest BCUT2D eigenvalue weighted by atomic mass is 9.70. The summed E-state index contributed by atoms with van der Waals surface area (Å²) in [5.41, 5.74) is 3.45. The van der Waals surface area contributed by atoms with Crippen molar-refractivity contribution in [3.8, 4) is 17.6 Å². The fourth-order valence-electron chi connectivity index (χ4n) is 6.20. The Labute approximate surface area is 265 Å². The maximum Gasteiger partial charge on any atom is 0.308 e. The van der Waals surface area contributed by atoms with Gasteiger partial charge in [0, 0.05) is 30.8 Å². The van der Waals surface area contributed by atoms with Gasteiger partial charge in [0.15, 0.2) is 0 Å². The van der Waals surface area contributed by atoms with Crippen molar-refractivity contribution in [1.82, 2.24) is 4.72 Å². The first-order chi connectivity index (χ1) is 21.3. The Morgan fingerprint density at radius 2 is 2.02 bits per heavy atom. The van der Waals surface area contributed by atoms with Crippen LogP contribution in [0.5, 0.6) is 5.75 Å². The second kappa shape index (κ2) is 14.6. The van der Waals surface area contributed by atoms with Crippen LogP contribution in [-0.2, 0) is 32.4 Å². The number of carbonyl (C=O) groups excluding carboxylic acids is 2. The molecule has 0 spiro atoms. The van der Waals surface area contributed by atoms with Crippen molar-refractivity contribution in [3.05, 3.63) is 70.3 Å². The molecule has 4 atom stereocenters. The summed E-state index contributed by atoms with van der Waals surface area (Å²) >= 11 is 6.42. The van der Waals surface area contributed by atoms with Gasteiger partial charge in [-0.2, -0.15) is 0 Å². The second-order valence-electron chi connectivity index (χ2n) is 11.6. The summed E-state index contributed by atoms with van der Waals surface area (Å²) in [6.07, 6.45) is 10.0. The number of halogens is 1. The van der Waals surface area contributed by atoms with Crippen molar-refractivity contribution in [3.63, 3.8) is 0 Å². The number of methoxy groups -OCH3 is 1.